The molecule has 20 heavy (non-hydrogen) atoms. The quantitative estimate of drug-likeness (QED) is 0.831. The van der Waals surface area contributed by atoms with E-state index in [1.54, 1.807) is 4.90 Å². The summed E-state index contributed by atoms with van der Waals surface area (Å²) >= 11 is 0. The Morgan fingerprint density at radius 3 is 2.75 bits per heavy atom. The summed E-state index contributed by atoms with van der Waals surface area (Å²) in [6, 6.07) is 2.85. The van der Waals surface area contributed by atoms with Gasteiger partial charge in [0.05, 0.1) is 0 Å². The molecule has 112 valence electrons. The number of rotatable bonds is 7. The molecule has 0 bridgehead atoms. The van der Waals surface area contributed by atoms with Crippen molar-refractivity contribution in [2.24, 2.45) is 5.92 Å². The van der Waals surface area contributed by atoms with Crippen molar-refractivity contribution in [2.75, 3.05) is 13.6 Å². The number of aromatic nitrogens is 1. The van der Waals surface area contributed by atoms with Crippen LogP contribution in [0.1, 0.15) is 45.2 Å². The monoisotopic (exact) mass is 277 g/mol. The molecule has 1 aliphatic rings. The summed E-state index contributed by atoms with van der Waals surface area (Å²) in [7, 11) is 1.86. The van der Waals surface area contributed by atoms with Gasteiger partial charge in [-0.05, 0) is 50.8 Å². The number of nitrogens with zero attached hydrogens (tertiary/aromatic N) is 2. The lowest BCUT2D eigenvalue weighted by Crippen LogP contribution is -2.35. The number of amides is 1. The lowest BCUT2D eigenvalue weighted by molar-refractivity contribution is -0.131. The number of nitrogens with one attached hydrogen (secondary N) is 1. The van der Waals surface area contributed by atoms with E-state index in [9.17, 15) is 4.79 Å². The maximum absolute atomic E-state index is 12.1. The minimum Gasteiger partial charge on any atom is -0.345 e. The SMILES string of the molecule is CCNC(c1ccn(CC(=O)N(C)C(C)C)c1)C1CC1. The fraction of sp³-hybridized carbons (Fsp3) is 0.688. The van der Waals surface area contributed by atoms with Crippen LogP contribution in [0.15, 0.2) is 18.5 Å². The summed E-state index contributed by atoms with van der Waals surface area (Å²) in [5.41, 5.74) is 1.31. The fourth-order valence-electron chi connectivity index (χ4n) is 2.50. The lowest BCUT2D eigenvalue weighted by atomic mass is 10.1. The van der Waals surface area contributed by atoms with E-state index in [0.717, 1.165) is 12.5 Å². The van der Waals surface area contributed by atoms with Gasteiger partial charge >= 0.3 is 0 Å². The molecule has 1 atom stereocenters. The average Bonchev–Trinajstić information content (AvgIpc) is 3.15. The van der Waals surface area contributed by atoms with Crippen molar-refractivity contribution in [1.82, 2.24) is 14.8 Å². The van der Waals surface area contributed by atoms with Crippen molar-refractivity contribution in [1.29, 1.82) is 0 Å². The summed E-state index contributed by atoms with van der Waals surface area (Å²) < 4.78 is 2.00. The third-order valence-corrected chi connectivity index (χ3v) is 4.14. The molecule has 4 nitrogen and oxygen atoms in total. The minimum absolute atomic E-state index is 0.161. The smallest absolute Gasteiger partial charge is 0.242 e. The Labute approximate surface area is 122 Å². The van der Waals surface area contributed by atoms with Crippen molar-refractivity contribution in [2.45, 2.75) is 52.2 Å². The van der Waals surface area contributed by atoms with Gasteiger partial charge in [-0.25, -0.2) is 0 Å². The minimum atomic E-state index is 0.161. The Hall–Kier alpha value is -1.29. The van der Waals surface area contributed by atoms with Gasteiger partial charge in [0.2, 0.25) is 5.91 Å². The number of likely N-dealkylation sites (N-methyl/N-ethyl adjacent to an activating group) is 1. The standard InChI is InChI=1S/C16H27N3O/c1-5-17-16(13-6-7-13)14-8-9-19(10-14)11-15(20)18(4)12(2)3/h8-10,12-13,16-17H,5-7,11H2,1-4H3. The number of carbonyl (C=O) groups is 1. The first kappa shape index (κ1) is 15.1. The lowest BCUT2D eigenvalue weighted by Gasteiger charge is -2.21. The van der Waals surface area contributed by atoms with E-state index in [2.05, 4.69) is 24.5 Å². The molecule has 0 saturated heterocycles. The Bertz CT molecular complexity index is 448. The van der Waals surface area contributed by atoms with Crippen LogP contribution in [0.25, 0.3) is 0 Å². The van der Waals surface area contributed by atoms with Crippen LogP contribution in [-0.2, 0) is 11.3 Å². The molecule has 1 aromatic rings. The largest absolute Gasteiger partial charge is 0.345 e. The van der Waals surface area contributed by atoms with Crippen LogP contribution in [0.4, 0.5) is 0 Å². The van der Waals surface area contributed by atoms with Gasteiger partial charge in [-0.1, -0.05) is 6.92 Å². The van der Waals surface area contributed by atoms with Crippen LogP contribution in [-0.4, -0.2) is 35.0 Å². The average molecular weight is 277 g/mol. The summed E-state index contributed by atoms with van der Waals surface area (Å²) in [6.45, 7) is 7.63. The van der Waals surface area contributed by atoms with Gasteiger partial charge in [0.1, 0.15) is 6.54 Å². The molecular formula is C16H27N3O. The highest BCUT2D eigenvalue weighted by atomic mass is 16.2. The third kappa shape index (κ3) is 3.63. The van der Waals surface area contributed by atoms with Crippen LogP contribution in [0.3, 0.4) is 0 Å². The normalized spacial score (nSPS) is 16.4. The highest BCUT2D eigenvalue weighted by Gasteiger charge is 2.32. The predicted molar refractivity (Wildman–Crippen MR) is 81.5 cm³/mol. The molecule has 0 radical (unpaired) electrons. The molecule has 1 heterocycles. The zero-order chi connectivity index (χ0) is 14.7. The Balaban J connectivity index is 1.99. The first-order valence-electron chi connectivity index (χ1n) is 7.67. The summed E-state index contributed by atoms with van der Waals surface area (Å²) in [5.74, 6) is 0.938. The summed E-state index contributed by atoms with van der Waals surface area (Å²) in [6.07, 6.45) is 6.78. The molecule has 1 amide bonds. The van der Waals surface area contributed by atoms with Gasteiger partial charge in [0.15, 0.2) is 0 Å². The van der Waals surface area contributed by atoms with E-state index in [1.807, 2.05) is 31.7 Å². The molecule has 0 aliphatic heterocycles. The van der Waals surface area contributed by atoms with Crippen molar-refractivity contribution >= 4 is 5.91 Å². The highest BCUT2D eigenvalue weighted by molar-refractivity contribution is 5.76. The van der Waals surface area contributed by atoms with Crippen molar-refractivity contribution in [3.05, 3.63) is 24.0 Å². The fourth-order valence-corrected chi connectivity index (χ4v) is 2.50. The van der Waals surface area contributed by atoms with Crippen LogP contribution in [0.5, 0.6) is 0 Å². The van der Waals surface area contributed by atoms with E-state index < -0.39 is 0 Å². The van der Waals surface area contributed by atoms with Gasteiger partial charge < -0.3 is 14.8 Å². The van der Waals surface area contributed by atoms with E-state index in [-0.39, 0.29) is 11.9 Å². The molecule has 4 heteroatoms. The molecule has 1 saturated carbocycles. The first-order chi connectivity index (χ1) is 9.52. The van der Waals surface area contributed by atoms with E-state index in [4.69, 9.17) is 0 Å². The van der Waals surface area contributed by atoms with Crippen molar-refractivity contribution in [3.63, 3.8) is 0 Å². The van der Waals surface area contributed by atoms with Crippen LogP contribution >= 0.6 is 0 Å². The Morgan fingerprint density at radius 1 is 1.50 bits per heavy atom. The second-order valence-electron chi connectivity index (χ2n) is 6.09. The third-order valence-electron chi connectivity index (χ3n) is 4.14. The van der Waals surface area contributed by atoms with Gasteiger partial charge in [-0.3, -0.25) is 4.79 Å². The molecule has 1 aromatic heterocycles. The molecule has 1 N–H and O–H groups in total. The van der Waals surface area contributed by atoms with Crippen molar-refractivity contribution < 1.29 is 4.79 Å². The molecule has 0 aromatic carbocycles. The van der Waals surface area contributed by atoms with Crippen LogP contribution in [0.2, 0.25) is 0 Å². The van der Waals surface area contributed by atoms with E-state index >= 15 is 0 Å². The van der Waals surface area contributed by atoms with Gasteiger partial charge in [0, 0.05) is 31.5 Å². The van der Waals surface area contributed by atoms with Gasteiger partial charge in [-0.15, -0.1) is 0 Å². The molecular weight excluding hydrogens is 250 g/mol. The zero-order valence-corrected chi connectivity index (χ0v) is 13.1. The zero-order valence-electron chi connectivity index (χ0n) is 13.1. The molecule has 0 spiro atoms. The van der Waals surface area contributed by atoms with E-state index in [1.165, 1.54) is 18.4 Å². The Morgan fingerprint density at radius 2 is 2.20 bits per heavy atom. The van der Waals surface area contributed by atoms with Gasteiger partial charge in [-0.2, -0.15) is 0 Å². The molecule has 1 fully saturated rings. The molecule has 2 rings (SSSR count). The molecule has 1 aliphatic carbocycles. The first-order valence-corrected chi connectivity index (χ1v) is 7.67. The second kappa shape index (κ2) is 6.44. The maximum atomic E-state index is 12.1. The second-order valence-corrected chi connectivity index (χ2v) is 6.09. The summed E-state index contributed by atoms with van der Waals surface area (Å²) in [5, 5.41) is 3.56. The van der Waals surface area contributed by atoms with Crippen LogP contribution in [0, 0.1) is 5.92 Å². The Kier molecular flexibility index (Phi) is 4.86. The van der Waals surface area contributed by atoms with Crippen molar-refractivity contribution in [3.8, 4) is 0 Å². The maximum Gasteiger partial charge on any atom is 0.242 e. The topological polar surface area (TPSA) is 37.3 Å². The summed E-state index contributed by atoms with van der Waals surface area (Å²) in [4.78, 5) is 13.9. The number of hydrogen-bond donors (Lipinski definition) is 1. The van der Waals surface area contributed by atoms with Crippen LogP contribution < -0.4 is 5.32 Å². The van der Waals surface area contributed by atoms with E-state index in [0.29, 0.717) is 12.6 Å². The highest BCUT2D eigenvalue weighted by Crippen LogP contribution is 2.40. The predicted octanol–water partition coefficient (Wildman–Crippen LogP) is 2.42. The molecule has 1 unspecified atom stereocenters. The van der Waals surface area contributed by atoms with Gasteiger partial charge in [0.25, 0.3) is 0 Å². The number of hydrogen-bond acceptors (Lipinski definition) is 2. The number of carbonyl (C=O) groups excluding carboxylic acids is 1.